The van der Waals surface area contributed by atoms with Crippen molar-refractivity contribution in [2.24, 2.45) is 7.05 Å². The standard InChI is InChI=1S/C19H22FN5OS/c1-24-8-7-22-19(24)17-10-21-6-9-25(17)11-15-13-27-18(23-15)12-26-16-4-2-14(20)3-5-16/h2-5,7-8,13,17,21H,6,9-12H2,1H3. The second-order valence-electron chi connectivity index (χ2n) is 6.56. The third kappa shape index (κ3) is 4.35. The third-order valence-corrected chi connectivity index (χ3v) is 5.52. The van der Waals surface area contributed by atoms with Crippen molar-refractivity contribution in [3.05, 3.63) is 64.4 Å². The van der Waals surface area contributed by atoms with Gasteiger partial charge < -0.3 is 14.6 Å². The van der Waals surface area contributed by atoms with Crippen molar-refractivity contribution in [3.8, 4) is 5.75 Å². The number of imidazole rings is 1. The number of aryl methyl sites for hydroxylation is 1. The molecular formula is C19H22FN5OS. The summed E-state index contributed by atoms with van der Waals surface area (Å²) in [6.07, 6.45) is 3.83. The Morgan fingerprint density at radius 3 is 2.96 bits per heavy atom. The fourth-order valence-electron chi connectivity index (χ4n) is 3.26. The predicted octanol–water partition coefficient (Wildman–Crippen LogP) is 2.74. The Bertz CT molecular complexity index is 878. The van der Waals surface area contributed by atoms with Crippen LogP contribution in [0.3, 0.4) is 0 Å². The smallest absolute Gasteiger partial charge is 0.140 e. The molecule has 1 aromatic carbocycles. The Kier molecular flexibility index (Phi) is 5.47. The van der Waals surface area contributed by atoms with E-state index in [4.69, 9.17) is 9.72 Å². The van der Waals surface area contributed by atoms with Gasteiger partial charge in [-0.15, -0.1) is 11.3 Å². The molecule has 0 spiro atoms. The third-order valence-electron chi connectivity index (χ3n) is 4.65. The van der Waals surface area contributed by atoms with E-state index < -0.39 is 0 Å². The summed E-state index contributed by atoms with van der Waals surface area (Å²) in [5.41, 5.74) is 1.04. The summed E-state index contributed by atoms with van der Waals surface area (Å²) < 4.78 is 20.7. The maximum atomic E-state index is 13.0. The Morgan fingerprint density at radius 2 is 2.19 bits per heavy atom. The monoisotopic (exact) mass is 387 g/mol. The molecule has 4 rings (SSSR count). The molecule has 27 heavy (non-hydrogen) atoms. The molecule has 142 valence electrons. The van der Waals surface area contributed by atoms with Gasteiger partial charge in [0.05, 0.1) is 11.7 Å². The summed E-state index contributed by atoms with van der Waals surface area (Å²) >= 11 is 1.59. The zero-order valence-electron chi connectivity index (χ0n) is 15.1. The van der Waals surface area contributed by atoms with Crippen molar-refractivity contribution >= 4 is 11.3 Å². The fourth-order valence-corrected chi connectivity index (χ4v) is 3.96. The molecule has 1 aliphatic heterocycles. The molecule has 1 fully saturated rings. The molecule has 1 unspecified atom stereocenters. The highest BCUT2D eigenvalue weighted by molar-refractivity contribution is 7.09. The normalized spacial score (nSPS) is 17.9. The second kappa shape index (κ2) is 8.16. The van der Waals surface area contributed by atoms with Gasteiger partial charge in [-0.1, -0.05) is 0 Å². The minimum Gasteiger partial charge on any atom is -0.486 e. The van der Waals surface area contributed by atoms with E-state index >= 15 is 0 Å². The SMILES string of the molecule is Cn1ccnc1C1CNCCN1Cc1csc(COc2ccc(F)cc2)n1. The predicted molar refractivity (Wildman–Crippen MR) is 102 cm³/mol. The molecule has 2 aromatic heterocycles. The minimum absolute atomic E-state index is 0.236. The van der Waals surface area contributed by atoms with Crippen molar-refractivity contribution in [3.63, 3.8) is 0 Å². The van der Waals surface area contributed by atoms with Crippen LogP contribution in [-0.2, 0) is 20.2 Å². The van der Waals surface area contributed by atoms with Crippen LogP contribution in [0.2, 0.25) is 0 Å². The van der Waals surface area contributed by atoms with E-state index in [0.717, 1.165) is 42.7 Å². The summed E-state index contributed by atoms with van der Waals surface area (Å²) in [5, 5.41) is 6.45. The molecule has 0 bridgehead atoms. The number of rotatable bonds is 6. The highest BCUT2D eigenvalue weighted by atomic mass is 32.1. The molecule has 8 heteroatoms. The quantitative estimate of drug-likeness (QED) is 0.705. The first-order valence-corrected chi connectivity index (χ1v) is 9.80. The molecule has 1 atom stereocenters. The van der Waals surface area contributed by atoms with Gasteiger partial charge in [0.2, 0.25) is 0 Å². The van der Waals surface area contributed by atoms with Gasteiger partial charge in [0.1, 0.15) is 29.0 Å². The molecule has 3 aromatic rings. The van der Waals surface area contributed by atoms with Crippen molar-refractivity contribution in [2.75, 3.05) is 19.6 Å². The first-order chi connectivity index (χ1) is 13.2. The number of nitrogens with one attached hydrogen (secondary N) is 1. The molecule has 0 saturated carbocycles. The zero-order valence-corrected chi connectivity index (χ0v) is 16.0. The van der Waals surface area contributed by atoms with Crippen molar-refractivity contribution in [1.82, 2.24) is 24.8 Å². The molecule has 0 amide bonds. The number of halogens is 1. The zero-order chi connectivity index (χ0) is 18.6. The first-order valence-electron chi connectivity index (χ1n) is 8.92. The average molecular weight is 387 g/mol. The van der Waals surface area contributed by atoms with Crippen LogP contribution >= 0.6 is 11.3 Å². The Labute approximate surface area is 161 Å². The fraction of sp³-hybridized carbons (Fsp3) is 0.368. The maximum absolute atomic E-state index is 13.0. The molecule has 3 heterocycles. The van der Waals surface area contributed by atoms with Crippen LogP contribution in [0.1, 0.15) is 22.6 Å². The average Bonchev–Trinajstić information content (AvgIpc) is 3.31. The number of piperazine rings is 1. The van der Waals surface area contributed by atoms with E-state index in [1.54, 1.807) is 23.5 Å². The summed E-state index contributed by atoms with van der Waals surface area (Å²) in [7, 11) is 2.03. The summed E-state index contributed by atoms with van der Waals surface area (Å²) in [4.78, 5) is 11.6. The highest BCUT2D eigenvalue weighted by Crippen LogP contribution is 2.24. The summed E-state index contributed by atoms with van der Waals surface area (Å²) in [6, 6.07) is 6.28. The lowest BCUT2D eigenvalue weighted by Gasteiger charge is -2.35. The largest absolute Gasteiger partial charge is 0.486 e. The first kappa shape index (κ1) is 18.1. The lowest BCUT2D eigenvalue weighted by molar-refractivity contribution is 0.143. The van der Waals surface area contributed by atoms with Crippen LogP contribution in [-0.4, -0.2) is 39.1 Å². The lowest BCUT2D eigenvalue weighted by atomic mass is 10.1. The topological polar surface area (TPSA) is 55.2 Å². The van der Waals surface area contributed by atoms with Crippen LogP contribution in [0.25, 0.3) is 0 Å². The van der Waals surface area contributed by atoms with Crippen molar-refractivity contribution < 1.29 is 9.13 Å². The van der Waals surface area contributed by atoms with Gasteiger partial charge in [-0.25, -0.2) is 14.4 Å². The molecule has 1 saturated heterocycles. The van der Waals surface area contributed by atoms with E-state index in [-0.39, 0.29) is 11.9 Å². The molecular weight excluding hydrogens is 365 g/mol. The molecule has 0 radical (unpaired) electrons. The highest BCUT2D eigenvalue weighted by Gasteiger charge is 2.27. The Hall–Kier alpha value is -2.29. The van der Waals surface area contributed by atoms with E-state index in [9.17, 15) is 4.39 Å². The summed E-state index contributed by atoms with van der Waals surface area (Å²) in [6.45, 7) is 3.98. The van der Waals surface area contributed by atoms with Gasteiger partial charge >= 0.3 is 0 Å². The minimum atomic E-state index is -0.267. The number of ether oxygens (including phenoxy) is 1. The molecule has 1 aliphatic rings. The van der Waals surface area contributed by atoms with Crippen LogP contribution in [0, 0.1) is 5.82 Å². The maximum Gasteiger partial charge on any atom is 0.140 e. The van der Waals surface area contributed by atoms with E-state index in [2.05, 4.69) is 25.1 Å². The van der Waals surface area contributed by atoms with Gasteiger partial charge in [0, 0.05) is 51.0 Å². The van der Waals surface area contributed by atoms with Gasteiger partial charge in [-0.05, 0) is 24.3 Å². The molecule has 0 aliphatic carbocycles. The second-order valence-corrected chi connectivity index (χ2v) is 7.50. The number of aromatic nitrogens is 3. The van der Waals surface area contributed by atoms with Crippen LogP contribution in [0.15, 0.2) is 42.0 Å². The molecule has 6 nitrogen and oxygen atoms in total. The van der Waals surface area contributed by atoms with E-state index in [1.165, 1.54) is 12.1 Å². The van der Waals surface area contributed by atoms with E-state index in [1.807, 2.05) is 19.4 Å². The van der Waals surface area contributed by atoms with Crippen LogP contribution in [0.4, 0.5) is 4.39 Å². The number of nitrogens with zero attached hydrogens (tertiary/aromatic N) is 4. The van der Waals surface area contributed by atoms with Gasteiger partial charge in [-0.3, -0.25) is 4.90 Å². The van der Waals surface area contributed by atoms with Gasteiger partial charge in [0.15, 0.2) is 0 Å². The van der Waals surface area contributed by atoms with Gasteiger partial charge in [0.25, 0.3) is 0 Å². The molecule has 1 N–H and O–H groups in total. The lowest BCUT2D eigenvalue weighted by Crippen LogP contribution is -2.46. The Morgan fingerprint density at radius 1 is 1.33 bits per heavy atom. The number of thiazole rings is 1. The van der Waals surface area contributed by atoms with Crippen LogP contribution < -0.4 is 10.1 Å². The number of hydrogen-bond donors (Lipinski definition) is 1. The Balaban J connectivity index is 1.39. The van der Waals surface area contributed by atoms with Crippen molar-refractivity contribution in [2.45, 2.75) is 19.2 Å². The summed E-state index contributed by atoms with van der Waals surface area (Å²) in [5.74, 6) is 1.44. The van der Waals surface area contributed by atoms with Gasteiger partial charge in [-0.2, -0.15) is 0 Å². The van der Waals surface area contributed by atoms with Crippen molar-refractivity contribution in [1.29, 1.82) is 0 Å². The van der Waals surface area contributed by atoms with E-state index in [0.29, 0.717) is 12.4 Å². The number of hydrogen-bond acceptors (Lipinski definition) is 6. The van der Waals surface area contributed by atoms with Crippen LogP contribution in [0.5, 0.6) is 5.75 Å². The number of benzene rings is 1.